The van der Waals surface area contributed by atoms with Crippen molar-refractivity contribution in [1.82, 2.24) is 9.47 Å². The van der Waals surface area contributed by atoms with Crippen molar-refractivity contribution < 1.29 is 28.3 Å². The third-order valence-electron chi connectivity index (χ3n) is 6.29. The van der Waals surface area contributed by atoms with Crippen LogP contribution in [0.15, 0.2) is 71.8 Å². The minimum absolute atomic E-state index is 0.0573. The van der Waals surface area contributed by atoms with Gasteiger partial charge in [-0.2, -0.15) is 0 Å². The summed E-state index contributed by atoms with van der Waals surface area (Å²) in [6, 6.07) is 16.0. The summed E-state index contributed by atoms with van der Waals surface area (Å²) in [4.78, 5) is 51.4. The van der Waals surface area contributed by atoms with Gasteiger partial charge in [-0.15, -0.1) is 0 Å². The van der Waals surface area contributed by atoms with E-state index in [2.05, 4.69) is 10.1 Å². The molecule has 2 heterocycles. The lowest BCUT2D eigenvalue weighted by atomic mass is 10.1. The summed E-state index contributed by atoms with van der Waals surface area (Å²) in [6.45, 7) is -0.166. The second-order valence-corrected chi connectivity index (χ2v) is 10.8. The van der Waals surface area contributed by atoms with E-state index < -0.39 is 35.4 Å². The molecule has 4 aromatic rings. The van der Waals surface area contributed by atoms with Crippen molar-refractivity contribution in [3.63, 3.8) is 0 Å². The summed E-state index contributed by atoms with van der Waals surface area (Å²) in [5, 5.41) is 3.24. The zero-order valence-corrected chi connectivity index (χ0v) is 23.6. The van der Waals surface area contributed by atoms with E-state index >= 15 is 0 Å². The predicted molar refractivity (Wildman–Crippen MR) is 157 cm³/mol. The predicted octanol–water partition coefficient (Wildman–Crippen LogP) is 6.60. The van der Waals surface area contributed by atoms with Crippen molar-refractivity contribution in [2.45, 2.75) is 6.54 Å². The Labute approximate surface area is 247 Å². The van der Waals surface area contributed by atoms with E-state index in [1.807, 2.05) is 35.0 Å². The summed E-state index contributed by atoms with van der Waals surface area (Å²) in [7, 11) is 1.20. The number of para-hydroxylation sites is 1. The van der Waals surface area contributed by atoms with E-state index in [-0.39, 0.29) is 21.2 Å². The molecule has 3 amide bonds. The molecule has 1 fully saturated rings. The van der Waals surface area contributed by atoms with E-state index in [0.717, 1.165) is 27.6 Å². The molecule has 1 aliphatic rings. The van der Waals surface area contributed by atoms with Gasteiger partial charge in [0.1, 0.15) is 12.4 Å². The van der Waals surface area contributed by atoms with Gasteiger partial charge < -0.3 is 14.6 Å². The topological polar surface area (TPSA) is 97.7 Å². The summed E-state index contributed by atoms with van der Waals surface area (Å²) >= 11 is 13.0. The smallest absolute Gasteiger partial charge is 0.339 e. The highest BCUT2D eigenvalue weighted by atomic mass is 35.5. The molecule has 41 heavy (non-hydrogen) atoms. The molecular weight excluding hydrogens is 592 g/mol. The number of amides is 3. The van der Waals surface area contributed by atoms with Gasteiger partial charge in [-0.25, -0.2) is 9.18 Å². The maximum atomic E-state index is 13.5. The molecule has 1 saturated heterocycles. The molecule has 0 saturated carbocycles. The summed E-state index contributed by atoms with van der Waals surface area (Å²) < 4.78 is 20.1. The van der Waals surface area contributed by atoms with Gasteiger partial charge in [0.25, 0.3) is 11.1 Å². The van der Waals surface area contributed by atoms with Crippen LogP contribution < -0.4 is 5.32 Å². The fourth-order valence-electron chi connectivity index (χ4n) is 4.35. The highest BCUT2D eigenvalue weighted by Crippen LogP contribution is 2.34. The summed E-state index contributed by atoms with van der Waals surface area (Å²) in [5.74, 6) is -2.36. The number of fused-ring (bicyclic) bond motifs is 1. The lowest BCUT2D eigenvalue weighted by Crippen LogP contribution is -2.36. The van der Waals surface area contributed by atoms with E-state index in [0.29, 0.717) is 22.7 Å². The van der Waals surface area contributed by atoms with Crippen molar-refractivity contribution in [3.8, 4) is 0 Å². The molecule has 1 aliphatic heterocycles. The van der Waals surface area contributed by atoms with Gasteiger partial charge >= 0.3 is 5.97 Å². The molecule has 208 valence electrons. The van der Waals surface area contributed by atoms with Crippen LogP contribution in [-0.2, 0) is 20.9 Å². The summed E-state index contributed by atoms with van der Waals surface area (Å²) in [5.41, 5.74) is 2.56. The number of carbonyl (C=O) groups is 4. The molecular formula is C29H20Cl2FN3O5S. The van der Waals surface area contributed by atoms with Crippen molar-refractivity contribution in [1.29, 1.82) is 0 Å². The average Bonchev–Trinajstić information content (AvgIpc) is 3.42. The summed E-state index contributed by atoms with van der Waals surface area (Å²) in [6.07, 6.45) is 3.43. The highest BCUT2D eigenvalue weighted by molar-refractivity contribution is 8.18. The minimum atomic E-state index is -0.677. The maximum absolute atomic E-state index is 13.5. The Kier molecular flexibility index (Phi) is 8.16. The standard InChI is InChI=1S/C29H20Cl2FN3O5S/c1-40-28(38)21-12-19(8-9-22(21)30)33-26(36)15-35-27(37)25(41-29(35)39)10-17-14-34(24-5-3-2-4-20(17)24)13-16-6-7-18(32)11-23(16)31/h2-12,14H,13,15H2,1H3,(H,33,36)/b25-10-. The zero-order chi connectivity index (χ0) is 29.3. The number of anilines is 1. The molecule has 1 aromatic heterocycles. The quantitative estimate of drug-likeness (QED) is 0.187. The normalized spacial score (nSPS) is 14.2. The number of carbonyl (C=O) groups excluding carboxylic acids is 4. The number of halogens is 3. The van der Waals surface area contributed by atoms with Crippen LogP contribution in [0.3, 0.4) is 0 Å². The third kappa shape index (κ3) is 6.00. The molecule has 12 heteroatoms. The van der Waals surface area contributed by atoms with Crippen molar-refractivity contribution >= 4 is 80.7 Å². The lowest BCUT2D eigenvalue weighted by Gasteiger charge is -2.13. The first kappa shape index (κ1) is 28.4. The number of esters is 1. The Morgan fingerprint density at radius 3 is 2.59 bits per heavy atom. The largest absolute Gasteiger partial charge is 0.465 e. The fraction of sp³-hybridized carbons (Fsp3) is 0.103. The van der Waals surface area contributed by atoms with Crippen LogP contribution in [0.1, 0.15) is 21.5 Å². The highest BCUT2D eigenvalue weighted by Gasteiger charge is 2.36. The molecule has 0 aliphatic carbocycles. The second kappa shape index (κ2) is 11.8. The van der Waals surface area contributed by atoms with Crippen molar-refractivity contribution in [3.05, 3.63) is 104 Å². The first-order chi connectivity index (χ1) is 19.6. The number of methoxy groups -OCH3 is 1. The molecule has 0 radical (unpaired) electrons. The van der Waals surface area contributed by atoms with Crippen LogP contribution in [0.5, 0.6) is 0 Å². The van der Waals surface area contributed by atoms with Gasteiger partial charge in [0.05, 0.1) is 22.6 Å². The van der Waals surface area contributed by atoms with Gasteiger partial charge in [-0.3, -0.25) is 19.3 Å². The third-order valence-corrected chi connectivity index (χ3v) is 7.88. The van der Waals surface area contributed by atoms with E-state index in [1.165, 1.54) is 37.4 Å². The Morgan fingerprint density at radius 2 is 1.83 bits per heavy atom. The Bertz CT molecular complexity index is 1770. The molecule has 1 N–H and O–H groups in total. The fourth-order valence-corrected chi connectivity index (χ4v) is 5.60. The van der Waals surface area contributed by atoms with E-state index in [1.54, 1.807) is 12.1 Å². The number of nitrogens with zero attached hydrogens (tertiary/aromatic N) is 2. The Balaban J connectivity index is 1.35. The SMILES string of the molecule is COC(=O)c1cc(NC(=O)CN2C(=O)S/C(=C\c3cn(Cc4ccc(F)cc4Cl)c4ccccc34)C2=O)ccc1Cl. The Morgan fingerprint density at radius 1 is 1.05 bits per heavy atom. The number of hydrogen-bond donors (Lipinski definition) is 1. The van der Waals surface area contributed by atoms with E-state index in [4.69, 9.17) is 23.2 Å². The van der Waals surface area contributed by atoms with Crippen molar-refractivity contribution in [2.75, 3.05) is 19.0 Å². The molecule has 3 aromatic carbocycles. The number of rotatable bonds is 7. The first-order valence-corrected chi connectivity index (χ1v) is 13.7. The van der Waals surface area contributed by atoms with Crippen LogP contribution in [0, 0.1) is 5.82 Å². The van der Waals surface area contributed by atoms with Crippen LogP contribution in [-0.4, -0.2) is 46.1 Å². The molecule has 8 nitrogen and oxygen atoms in total. The maximum Gasteiger partial charge on any atom is 0.339 e. The molecule has 5 rings (SSSR count). The monoisotopic (exact) mass is 611 g/mol. The molecule has 0 atom stereocenters. The second-order valence-electron chi connectivity index (χ2n) is 8.97. The number of nitrogens with one attached hydrogen (secondary N) is 1. The van der Waals surface area contributed by atoms with Gasteiger partial charge in [0.2, 0.25) is 5.91 Å². The lowest BCUT2D eigenvalue weighted by molar-refractivity contribution is -0.127. The molecule has 0 bridgehead atoms. The average molecular weight is 612 g/mol. The number of benzene rings is 3. The minimum Gasteiger partial charge on any atom is -0.465 e. The van der Waals surface area contributed by atoms with Gasteiger partial charge in [0.15, 0.2) is 0 Å². The Hall–Kier alpha value is -4.12. The van der Waals surface area contributed by atoms with Crippen LogP contribution >= 0.6 is 35.0 Å². The van der Waals surface area contributed by atoms with Gasteiger partial charge in [-0.05, 0) is 59.8 Å². The number of thioether (sulfide) groups is 1. The number of aromatic nitrogens is 1. The molecule has 0 unspecified atom stereocenters. The number of ether oxygens (including phenoxy) is 1. The number of hydrogen-bond acceptors (Lipinski definition) is 6. The van der Waals surface area contributed by atoms with Crippen LogP contribution in [0.4, 0.5) is 14.9 Å². The van der Waals surface area contributed by atoms with Crippen molar-refractivity contribution in [2.24, 2.45) is 0 Å². The van der Waals surface area contributed by atoms with E-state index in [9.17, 15) is 23.6 Å². The van der Waals surface area contributed by atoms with Gasteiger partial charge in [0, 0.05) is 39.9 Å². The number of imide groups is 1. The molecule has 0 spiro atoms. The van der Waals surface area contributed by atoms with Crippen LogP contribution in [0.25, 0.3) is 17.0 Å². The van der Waals surface area contributed by atoms with Crippen LogP contribution in [0.2, 0.25) is 10.0 Å². The first-order valence-electron chi connectivity index (χ1n) is 12.1. The zero-order valence-electron chi connectivity index (χ0n) is 21.3. The van der Waals surface area contributed by atoms with Gasteiger partial charge in [-0.1, -0.05) is 47.5 Å².